The van der Waals surface area contributed by atoms with E-state index in [-0.39, 0.29) is 0 Å². The Morgan fingerprint density at radius 2 is 1.84 bits per heavy atom. The van der Waals surface area contributed by atoms with E-state index in [1.54, 1.807) is 0 Å². The van der Waals surface area contributed by atoms with Gasteiger partial charge in [-0.25, -0.2) is 0 Å². The fourth-order valence-electron chi connectivity index (χ4n) is 1.97. The van der Waals surface area contributed by atoms with Crippen LogP contribution in [0.5, 0.6) is 5.75 Å². The van der Waals surface area contributed by atoms with Crippen LogP contribution in [0.3, 0.4) is 0 Å². The first-order valence-corrected chi connectivity index (χ1v) is 7.90. The van der Waals surface area contributed by atoms with Gasteiger partial charge in [-0.3, -0.25) is 4.90 Å². The average Bonchev–Trinajstić information content (AvgIpc) is 2.42. The molecule has 0 unspecified atom stereocenters. The number of halogens is 2. The summed E-state index contributed by atoms with van der Waals surface area (Å²) >= 11 is 7.04. The maximum atomic E-state index is 5.85. The quantitative estimate of drug-likeness (QED) is 0.834. The Hall–Kier alpha value is -0.140. The van der Waals surface area contributed by atoms with Gasteiger partial charge in [0, 0.05) is 26.2 Å². The molecular weight excluding hydrogens is 376 g/mol. The largest absolute Gasteiger partial charge is 0.490 e. The highest BCUT2D eigenvalue weighted by molar-refractivity contribution is 9.11. The van der Waals surface area contributed by atoms with E-state index in [0.29, 0.717) is 13.2 Å². The second-order valence-corrected chi connectivity index (χ2v) is 6.10. The molecule has 1 heterocycles. The predicted molar refractivity (Wildman–Crippen MR) is 82.5 cm³/mol. The Bertz CT molecular complexity index is 400. The molecule has 6 heteroatoms. The van der Waals surface area contributed by atoms with Gasteiger partial charge in [-0.1, -0.05) is 0 Å². The second-order valence-electron chi connectivity index (χ2n) is 4.40. The molecule has 1 aromatic carbocycles. The van der Waals surface area contributed by atoms with Gasteiger partial charge in [0.05, 0.1) is 22.2 Å². The number of hydrogen-bond donors (Lipinski definition) is 1. The van der Waals surface area contributed by atoms with Crippen molar-refractivity contribution in [2.24, 2.45) is 5.73 Å². The normalized spacial score (nSPS) is 16.6. The Morgan fingerprint density at radius 3 is 2.42 bits per heavy atom. The predicted octanol–water partition coefficient (Wildman–Crippen LogP) is 2.38. The third kappa shape index (κ3) is 4.43. The molecular formula is C13H18Br2N2O2. The van der Waals surface area contributed by atoms with E-state index in [4.69, 9.17) is 15.2 Å². The van der Waals surface area contributed by atoms with E-state index >= 15 is 0 Å². The van der Waals surface area contributed by atoms with Crippen molar-refractivity contribution < 1.29 is 9.47 Å². The molecule has 1 saturated heterocycles. The molecule has 0 amide bonds. The van der Waals surface area contributed by atoms with Crippen LogP contribution in [-0.4, -0.2) is 44.4 Å². The van der Waals surface area contributed by atoms with Gasteiger partial charge in [-0.15, -0.1) is 0 Å². The van der Waals surface area contributed by atoms with Crippen molar-refractivity contribution in [3.05, 3.63) is 26.6 Å². The topological polar surface area (TPSA) is 47.7 Å². The third-order valence-corrected chi connectivity index (χ3v) is 4.23. The lowest BCUT2D eigenvalue weighted by Gasteiger charge is -2.26. The fraction of sp³-hybridized carbons (Fsp3) is 0.538. The van der Waals surface area contributed by atoms with E-state index in [9.17, 15) is 0 Å². The molecule has 106 valence electrons. The Balaban J connectivity index is 1.88. The Labute approximate surface area is 130 Å². The molecule has 19 heavy (non-hydrogen) atoms. The molecule has 0 aliphatic carbocycles. The van der Waals surface area contributed by atoms with Crippen molar-refractivity contribution in [1.82, 2.24) is 4.90 Å². The van der Waals surface area contributed by atoms with E-state index in [0.717, 1.165) is 53.1 Å². The summed E-state index contributed by atoms with van der Waals surface area (Å²) in [6.07, 6.45) is 0. The molecule has 0 aromatic heterocycles. The van der Waals surface area contributed by atoms with Gasteiger partial charge in [-0.2, -0.15) is 0 Å². The van der Waals surface area contributed by atoms with Crippen LogP contribution < -0.4 is 10.5 Å². The molecule has 0 atom stereocenters. The highest BCUT2D eigenvalue weighted by Crippen LogP contribution is 2.34. The van der Waals surface area contributed by atoms with Gasteiger partial charge < -0.3 is 15.2 Å². The highest BCUT2D eigenvalue weighted by Gasteiger charge is 2.12. The molecule has 1 aliphatic rings. The van der Waals surface area contributed by atoms with E-state index < -0.39 is 0 Å². The lowest BCUT2D eigenvalue weighted by atomic mass is 10.2. The van der Waals surface area contributed by atoms with Gasteiger partial charge in [-0.05, 0) is 49.6 Å². The summed E-state index contributed by atoms with van der Waals surface area (Å²) in [5.74, 6) is 0.838. The van der Waals surface area contributed by atoms with Gasteiger partial charge in [0.25, 0.3) is 0 Å². The average molecular weight is 394 g/mol. The van der Waals surface area contributed by atoms with E-state index in [1.807, 2.05) is 12.1 Å². The zero-order chi connectivity index (χ0) is 13.7. The number of ether oxygens (including phenoxy) is 2. The molecule has 0 spiro atoms. The molecule has 2 rings (SSSR count). The van der Waals surface area contributed by atoms with Crippen LogP contribution in [0.4, 0.5) is 0 Å². The smallest absolute Gasteiger partial charge is 0.147 e. The summed E-state index contributed by atoms with van der Waals surface area (Å²) in [6.45, 7) is 5.71. The first kappa shape index (κ1) is 15.3. The van der Waals surface area contributed by atoms with Crippen molar-refractivity contribution in [3.63, 3.8) is 0 Å². The summed E-state index contributed by atoms with van der Waals surface area (Å²) in [5, 5.41) is 0. The van der Waals surface area contributed by atoms with E-state index in [2.05, 4.69) is 36.8 Å². The second kappa shape index (κ2) is 7.59. The number of nitrogens with two attached hydrogens (primary N) is 1. The van der Waals surface area contributed by atoms with Crippen LogP contribution in [0, 0.1) is 0 Å². The summed E-state index contributed by atoms with van der Waals surface area (Å²) in [4.78, 5) is 2.35. The Kier molecular flexibility index (Phi) is 6.09. The minimum Gasteiger partial charge on any atom is -0.490 e. The summed E-state index contributed by atoms with van der Waals surface area (Å²) < 4.78 is 13.0. The number of morpholine rings is 1. The summed E-state index contributed by atoms with van der Waals surface area (Å²) in [6, 6.07) is 3.99. The van der Waals surface area contributed by atoms with Crippen molar-refractivity contribution in [2.75, 3.05) is 39.5 Å². The van der Waals surface area contributed by atoms with Crippen molar-refractivity contribution in [3.8, 4) is 5.75 Å². The maximum absolute atomic E-state index is 5.85. The Morgan fingerprint density at radius 1 is 1.21 bits per heavy atom. The molecule has 0 bridgehead atoms. The van der Waals surface area contributed by atoms with Gasteiger partial charge in [0.2, 0.25) is 0 Å². The SMILES string of the molecule is NCc1cc(Br)c(OCCN2CCOCC2)c(Br)c1. The minimum atomic E-state index is 0.519. The number of nitrogens with zero attached hydrogens (tertiary/aromatic N) is 1. The minimum absolute atomic E-state index is 0.519. The van der Waals surface area contributed by atoms with Gasteiger partial charge in [0.15, 0.2) is 0 Å². The summed E-state index contributed by atoms with van der Waals surface area (Å²) in [7, 11) is 0. The zero-order valence-corrected chi connectivity index (χ0v) is 13.9. The first-order valence-electron chi connectivity index (χ1n) is 6.31. The molecule has 0 saturated carbocycles. The monoisotopic (exact) mass is 392 g/mol. The maximum Gasteiger partial charge on any atom is 0.147 e. The summed E-state index contributed by atoms with van der Waals surface area (Å²) in [5.41, 5.74) is 6.70. The van der Waals surface area contributed by atoms with Crippen LogP contribution >= 0.6 is 31.9 Å². The lowest BCUT2D eigenvalue weighted by molar-refractivity contribution is 0.0321. The standard InChI is InChI=1S/C13H18Br2N2O2/c14-11-7-10(9-16)8-12(15)13(11)19-6-3-17-1-4-18-5-2-17/h7-8H,1-6,9,16H2. The third-order valence-electron chi connectivity index (χ3n) is 3.05. The molecule has 0 radical (unpaired) electrons. The van der Waals surface area contributed by atoms with Gasteiger partial charge >= 0.3 is 0 Å². The molecule has 1 aromatic rings. The molecule has 1 fully saturated rings. The highest BCUT2D eigenvalue weighted by atomic mass is 79.9. The number of benzene rings is 1. The van der Waals surface area contributed by atoms with Crippen molar-refractivity contribution in [2.45, 2.75) is 6.54 Å². The van der Waals surface area contributed by atoms with Crippen LogP contribution in [0.25, 0.3) is 0 Å². The molecule has 2 N–H and O–H groups in total. The fourth-order valence-corrected chi connectivity index (χ4v) is 3.48. The van der Waals surface area contributed by atoms with E-state index in [1.165, 1.54) is 0 Å². The van der Waals surface area contributed by atoms with Crippen LogP contribution in [-0.2, 0) is 11.3 Å². The zero-order valence-electron chi connectivity index (χ0n) is 10.7. The van der Waals surface area contributed by atoms with Crippen LogP contribution in [0.2, 0.25) is 0 Å². The van der Waals surface area contributed by atoms with Crippen molar-refractivity contribution in [1.29, 1.82) is 0 Å². The van der Waals surface area contributed by atoms with Crippen molar-refractivity contribution >= 4 is 31.9 Å². The van der Waals surface area contributed by atoms with Crippen LogP contribution in [0.1, 0.15) is 5.56 Å². The molecule has 1 aliphatic heterocycles. The first-order chi connectivity index (χ1) is 9.20. The van der Waals surface area contributed by atoms with Crippen LogP contribution in [0.15, 0.2) is 21.1 Å². The van der Waals surface area contributed by atoms with Gasteiger partial charge in [0.1, 0.15) is 12.4 Å². The number of rotatable bonds is 5. The molecule has 4 nitrogen and oxygen atoms in total. The lowest BCUT2D eigenvalue weighted by Crippen LogP contribution is -2.38. The number of hydrogen-bond acceptors (Lipinski definition) is 4.